The molecule has 2 aromatic carbocycles. The Balaban J connectivity index is 1.74. The van der Waals surface area contributed by atoms with Gasteiger partial charge in [-0.1, -0.05) is 59.2 Å². The lowest BCUT2D eigenvalue weighted by atomic mass is 10.1. The second-order valence-electron chi connectivity index (χ2n) is 5.59. The molecular weight excluding hydrogens is 362 g/mol. The SMILES string of the molecule is N[C@@H](Cc1ccccc1)c1nnc(S(=O)(=O)Cc2ccc(Cl)cc2)o1. The molecule has 0 spiro atoms. The van der Waals surface area contributed by atoms with Crippen LogP contribution in [0.4, 0.5) is 0 Å². The minimum absolute atomic E-state index is 0.0959. The number of aromatic nitrogens is 2. The lowest BCUT2D eigenvalue weighted by Crippen LogP contribution is -2.13. The van der Waals surface area contributed by atoms with Gasteiger partial charge in [0.15, 0.2) is 0 Å². The van der Waals surface area contributed by atoms with Crippen molar-refractivity contribution in [3.8, 4) is 0 Å². The molecule has 3 rings (SSSR count). The van der Waals surface area contributed by atoms with Gasteiger partial charge in [0.1, 0.15) is 0 Å². The van der Waals surface area contributed by atoms with Gasteiger partial charge in [-0.25, -0.2) is 8.42 Å². The topological polar surface area (TPSA) is 99.1 Å². The predicted molar refractivity (Wildman–Crippen MR) is 93.7 cm³/mol. The Hall–Kier alpha value is -2.22. The van der Waals surface area contributed by atoms with E-state index in [1.54, 1.807) is 24.3 Å². The van der Waals surface area contributed by atoms with Gasteiger partial charge in [-0.2, -0.15) is 0 Å². The van der Waals surface area contributed by atoms with Crippen molar-refractivity contribution < 1.29 is 12.8 Å². The molecule has 1 aromatic heterocycles. The third-order valence-electron chi connectivity index (χ3n) is 3.57. The molecule has 1 heterocycles. The Labute approximate surface area is 150 Å². The van der Waals surface area contributed by atoms with Crippen LogP contribution in [0.25, 0.3) is 0 Å². The van der Waals surface area contributed by atoms with Crippen molar-refractivity contribution in [2.24, 2.45) is 5.73 Å². The molecule has 3 aromatic rings. The number of benzene rings is 2. The van der Waals surface area contributed by atoms with E-state index in [1.807, 2.05) is 30.3 Å². The number of sulfone groups is 1. The lowest BCUT2D eigenvalue weighted by molar-refractivity contribution is 0.372. The van der Waals surface area contributed by atoms with E-state index < -0.39 is 21.1 Å². The third-order valence-corrected chi connectivity index (χ3v) is 5.24. The third kappa shape index (κ3) is 4.45. The summed E-state index contributed by atoms with van der Waals surface area (Å²) in [6.45, 7) is 0. The van der Waals surface area contributed by atoms with E-state index in [0.717, 1.165) is 5.56 Å². The van der Waals surface area contributed by atoms with Crippen LogP contribution in [-0.4, -0.2) is 18.6 Å². The van der Waals surface area contributed by atoms with Gasteiger partial charge in [-0.3, -0.25) is 0 Å². The van der Waals surface area contributed by atoms with Crippen LogP contribution in [0.3, 0.4) is 0 Å². The fourth-order valence-corrected chi connectivity index (χ4v) is 3.57. The zero-order valence-electron chi connectivity index (χ0n) is 13.2. The van der Waals surface area contributed by atoms with Crippen molar-refractivity contribution in [3.63, 3.8) is 0 Å². The molecule has 1 atom stereocenters. The van der Waals surface area contributed by atoms with Crippen LogP contribution in [0.15, 0.2) is 64.2 Å². The monoisotopic (exact) mass is 377 g/mol. The Morgan fingerprint density at radius 3 is 2.36 bits per heavy atom. The van der Waals surface area contributed by atoms with Crippen molar-refractivity contribution in [1.29, 1.82) is 0 Å². The van der Waals surface area contributed by atoms with Crippen molar-refractivity contribution in [3.05, 3.63) is 76.6 Å². The van der Waals surface area contributed by atoms with Crippen LogP contribution in [0.5, 0.6) is 0 Å². The molecule has 6 nitrogen and oxygen atoms in total. The second-order valence-corrected chi connectivity index (χ2v) is 7.89. The van der Waals surface area contributed by atoms with E-state index >= 15 is 0 Å². The van der Waals surface area contributed by atoms with Crippen LogP contribution < -0.4 is 5.73 Å². The first-order valence-electron chi connectivity index (χ1n) is 7.54. The first-order valence-corrected chi connectivity index (χ1v) is 9.57. The summed E-state index contributed by atoms with van der Waals surface area (Å²) in [5.41, 5.74) is 7.63. The zero-order chi connectivity index (χ0) is 17.9. The molecule has 0 bridgehead atoms. The number of hydrogen-bond acceptors (Lipinski definition) is 6. The van der Waals surface area contributed by atoms with E-state index in [2.05, 4.69) is 10.2 Å². The Morgan fingerprint density at radius 2 is 1.68 bits per heavy atom. The summed E-state index contributed by atoms with van der Waals surface area (Å²) < 4.78 is 30.1. The summed E-state index contributed by atoms with van der Waals surface area (Å²) in [5, 5.41) is 7.55. The largest absolute Gasteiger partial charge is 0.411 e. The van der Waals surface area contributed by atoms with Gasteiger partial charge in [0, 0.05) is 5.02 Å². The smallest absolute Gasteiger partial charge is 0.335 e. The van der Waals surface area contributed by atoms with Gasteiger partial charge >= 0.3 is 5.22 Å². The Kier molecular flexibility index (Phi) is 5.17. The van der Waals surface area contributed by atoms with Gasteiger partial charge in [0.2, 0.25) is 15.7 Å². The Morgan fingerprint density at radius 1 is 1.00 bits per heavy atom. The lowest BCUT2D eigenvalue weighted by Gasteiger charge is -2.06. The maximum absolute atomic E-state index is 12.4. The minimum atomic E-state index is -3.75. The van der Waals surface area contributed by atoms with E-state index in [0.29, 0.717) is 17.0 Å². The number of rotatable bonds is 6. The molecule has 0 aliphatic heterocycles. The fourth-order valence-electron chi connectivity index (χ4n) is 2.31. The number of nitrogens with two attached hydrogens (primary N) is 1. The number of halogens is 1. The van der Waals surface area contributed by atoms with E-state index in [9.17, 15) is 8.42 Å². The van der Waals surface area contributed by atoms with Crippen molar-refractivity contribution in [1.82, 2.24) is 10.2 Å². The highest BCUT2D eigenvalue weighted by atomic mass is 35.5. The highest BCUT2D eigenvalue weighted by Gasteiger charge is 2.25. The summed E-state index contributed by atoms with van der Waals surface area (Å²) in [4.78, 5) is 0. The molecule has 8 heteroatoms. The zero-order valence-corrected chi connectivity index (χ0v) is 14.7. The molecule has 130 valence electrons. The van der Waals surface area contributed by atoms with Crippen LogP contribution in [0.2, 0.25) is 5.02 Å². The summed E-state index contributed by atoms with van der Waals surface area (Å²) in [6.07, 6.45) is 0.472. The molecule has 0 amide bonds. The van der Waals surface area contributed by atoms with E-state index in [1.165, 1.54) is 0 Å². The predicted octanol–water partition coefficient (Wildman–Crippen LogP) is 2.94. The van der Waals surface area contributed by atoms with Gasteiger partial charge < -0.3 is 10.2 Å². The molecular formula is C17H16ClN3O3S. The highest BCUT2D eigenvalue weighted by molar-refractivity contribution is 7.90. The summed E-state index contributed by atoms with van der Waals surface area (Å²) >= 11 is 5.80. The quantitative estimate of drug-likeness (QED) is 0.709. The van der Waals surface area contributed by atoms with Gasteiger partial charge in [0.05, 0.1) is 11.8 Å². The highest BCUT2D eigenvalue weighted by Crippen LogP contribution is 2.20. The van der Waals surface area contributed by atoms with Gasteiger partial charge in [0.25, 0.3) is 0 Å². The summed E-state index contributed by atoms with van der Waals surface area (Å²) in [6, 6.07) is 15.5. The number of nitrogens with zero attached hydrogens (tertiary/aromatic N) is 2. The molecule has 0 aliphatic carbocycles. The first kappa shape index (κ1) is 17.6. The van der Waals surface area contributed by atoms with Crippen molar-refractivity contribution >= 4 is 21.4 Å². The van der Waals surface area contributed by atoms with E-state index in [4.69, 9.17) is 21.8 Å². The molecule has 0 saturated carbocycles. The van der Waals surface area contributed by atoms with Gasteiger partial charge in [-0.05, 0) is 29.7 Å². The van der Waals surface area contributed by atoms with Crippen LogP contribution in [0.1, 0.15) is 23.1 Å². The molecule has 0 saturated heterocycles. The van der Waals surface area contributed by atoms with E-state index in [-0.39, 0.29) is 11.6 Å². The van der Waals surface area contributed by atoms with Crippen LogP contribution >= 0.6 is 11.6 Å². The molecule has 2 N–H and O–H groups in total. The summed E-state index contributed by atoms with van der Waals surface area (Å²) in [5.74, 6) is -0.154. The average molecular weight is 378 g/mol. The molecule has 0 fully saturated rings. The molecule has 0 unspecified atom stereocenters. The standard InChI is InChI=1S/C17H16ClN3O3S/c18-14-8-6-13(7-9-14)11-25(22,23)17-21-20-16(24-17)15(19)10-12-4-2-1-3-5-12/h1-9,15H,10-11,19H2/t15-/m0/s1. The average Bonchev–Trinajstić information content (AvgIpc) is 3.09. The maximum atomic E-state index is 12.4. The molecule has 0 aliphatic rings. The second kappa shape index (κ2) is 7.35. The molecule has 0 radical (unpaired) electrons. The normalized spacial score (nSPS) is 12.9. The maximum Gasteiger partial charge on any atom is 0.335 e. The molecule has 25 heavy (non-hydrogen) atoms. The number of hydrogen-bond donors (Lipinski definition) is 1. The van der Waals surface area contributed by atoms with Crippen molar-refractivity contribution in [2.75, 3.05) is 0 Å². The summed E-state index contributed by atoms with van der Waals surface area (Å²) in [7, 11) is -3.75. The fraction of sp³-hybridized carbons (Fsp3) is 0.176. The first-order chi connectivity index (χ1) is 11.9. The van der Waals surface area contributed by atoms with Crippen LogP contribution in [0, 0.1) is 0 Å². The van der Waals surface area contributed by atoms with Crippen molar-refractivity contribution in [2.45, 2.75) is 23.4 Å². The minimum Gasteiger partial charge on any atom is -0.411 e. The van der Waals surface area contributed by atoms with Gasteiger partial charge in [-0.15, -0.1) is 5.10 Å². The Bertz CT molecular complexity index is 941. The van der Waals surface area contributed by atoms with Crippen LogP contribution in [-0.2, 0) is 22.0 Å².